The standard InChI is InChI=1S/C26H39F3O/c1-3-5-18-7-9-19(10-8-18)11-13-21-14-15-22(25(27)24(21)26(28)29)23-16-12-20(6-4-2)17-30-23/h14-15,18-20,23,26H,3-13,16-17H2,1-2H3. The maximum absolute atomic E-state index is 15.2. The monoisotopic (exact) mass is 424 g/mol. The van der Waals surface area contributed by atoms with Gasteiger partial charge in [0.2, 0.25) is 0 Å². The minimum Gasteiger partial charge on any atom is -0.373 e. The molecule has 1 saturated carbocycles. The molecule has 0 radical (unpaired) electrons. The minimum absolute atomic E-state index is 0.323. The zero-order chi connectivity index (χ0) is 21.5. The molecule has 3 rings (SSSR count). The van der Waals surface area contributed by atoms with Crippen molar-refractivity contribution in [3.8, 4) is 0 Å². The molecule has 0 spiro atoms. The van der Waals surface area contributed by atoms with Gasteiger partial charge in [-0.1, -0.05) is 70.9 Å². The molecule has 0 bridgehead atoms. The molecule has 1 aliphatic heterocycles. The predicted molar refractivity (Wildman–Crippen MR) is 116 cm³/mol. The number of benzene rings is 1. The van der Waals surface area contributed by atoms with Crippen LogP contribution in [0.5, 0.6) is 0 Å². The van der Waals surface area contributed by atoms with E-state index in [9.17, 15) is 8.78 Å². The molecule has 30 heavy (non-hydrogen) atoms. The Hall–Kier alpha value is -1.03. The maximum Gasteiger partial charge on any atom is 0.266 e. The zero-order valence-corrected chi connectivity index (χ0v) is 18.8. The lowest BCUT2D eigenvalue weighted by atomic mass is 9.78. The largest absolute Gasteiger partial charge is 0.373 e. The highest BCUT2D eigenvalue weighted by Gasteiger charge is 2.29. The van der Waals surface area contributed by atoms with E-state index < -0.39 is 18.3 Å². The van der Waals surface area contributed by atoms with Crippen LogP contribution in [0.25, 0.3) is 0 Å². The number of alkyl halides is 2. The van der Waals surface area contributed by atoms with Gasteiger partial charge in [-0.05, 0) is 55.4 Å². The van der Waals surface area contributed by atoms with Gasteiger partial charge in [-0.2, -0.15) is 0 Å². The number of halogens is 3. The first kappa shape index (κ1) is 23.6. The summed E-state index contributed by atoms with van der Waals surface area (Å²) in [5.74, 6) is 1.21. The molecular weight excluding hydrogens is 385 g/mol. The van der Waals surface area contributed by atoms with Crippen LogP contribution in [-0.4, -0.2) is 6.61 Å². The summed E-state index contributed by atoms with van der Waals surface area (Å²) in [7, 11) is 0. The summed E-state index contributed by atoms with van der Waals surface area (Å²) in [6.07, 6.45) is 9.59. The van der Waals surface area contributed by atoms with E-state index in [0.29, 0.717) is 42.4 Å². The molecule has 0 aromatic heterocycles. The van der Waals surface area contributed by atoms with Crippen LogP contribution in [0.1, 0.15) is 114 Å². The Morgan fingerprint density at radius 2 is 1.47 bits per heavy atom. The number of hydrogen-bond acceptors (Lipinski definition) is 1. The molecule has 170 valence electrons. The summed E-state index contributed by atoms with van der Waals surface area (Å²) in [6, 6.07) is 3.45. The molecule has 2 atom stereocenters. The highest BCUT2D eigenvalue weighted by Crippen LogP contribution is 2.39. The molecule has 0 N–H and O–H groups in total. The molecule has 2 fully saturated rings. The topological polar surface area (TPSA) is 9.23 Å². The molecule has 1 aromatic carbocycles. The van der Waals surface area contributed by atoms with Gasteiger partial charge < -0.3 is 4.74 Å². The Morgan fingerprint density at radius 3 is 2.03 bits per heavy atom. The van der Waals surface area contributed by atoms with Crippen LogP contribution in [-0.2, 0) is 11.2 Å². The third-order valence-corrected chi connectivity index (χ3v) is 7.42. The van der Waals surface area contributed by atoms with Gasteiger partial charge >= 0.3 is 0 Å². The van der Waals surface area contributed by atoms with E-state index in [-0.39, 0.29) is 5.56 Å². The number of rotatable bonds is 9. The molecule has 1 aliphatic carbocycles. The van der Waals surface area contributed by atoms with Crippen LogP contribution in [0, 0.1) is 23.6 Å². The van der Waals surface area contributed by atoms with Gasteiger partial charge in [0.05, 0.1) is 18.3 Å². The minimum atomic E-state index is -2.78. The second-order valence-electron chi connectivity index (χ2n) is 9.61. The quantitative estimate of drug-likeness (QED) is 0.386. The lowest BCUT2D eigenvalue weighted by molar-refractivity contribution is -0.0214. The highest BCUT2D eigenvalue weighted by molar-refractivity contribution is 5.36. The maximum atomic E-state index is 15.2. The van der Waals surface area contributed by atoms with E-state index in [0.717, 1.165) is 31.6 Å². The zero-order valence-electron chi connectivity index (χ0n) is 18.8. The molecule has 4 heteroatoms. The second-order valence-corrected chi connectivity index (χ2v) is 9.61. The fourth-order valence-electron chi connectivity index (χ4n) is 5.62. The van der Waals surface area contributed by atoms with Gasteiger partial charge in [0.15, 0.2) is 0 Å². The highest BCUT2D eigenvalue weighted by atomic mass is 19.3. The third kappa shape index (κ3) is 6.02. The van der Waals surface area contributed by atoms with Crippen LogP contribution < -0.4 is 0 Å². The van der Waals surface area contributed by atoms with Crippen molar-refractivity contribution >= 4 is 0 Å². The Balaban J connectivity index is 1.63. The van der Waals surface area contributed by atoms with Gasteiger partial charge in [-0.15, -0.1) is 0 Å². The molecule has 2 unspecified atom stereocenters. The first-order valence-electron chi connectivity index (χ1n) is 12.2. The molecule has 2 aliphatic rings. The van der Waals surface area contributed by atoms with E-state index >= 15 is 4.39 Å². The van der Waals surface area contributed by atoms with Crippen molar-refractivity contribution in [1.82, 2.24) is 0 Å². The van der Waals surface area contributed by atoms with Crippen molar-refractivity contribution in [3.63, 3.8) is 0 Å². The average molecular weight is 425 g/mol. The molecule has 0 amide bonds. The fraction of sp³-hybridized carbons (Fsp3) is 0.769. The molecule has 1 saturated heterocycles. The van der Waals surface area contributed by atoms with Gasteiger partial charge in [0.1, 0.15) is 5.82 Å². The first-order chi connectivity index (χ1) is 14.5. The van der Waals surface area contributed by atoms with E-state index in [1.165, 1.54) is 38.5 Å². The van der Waals surface area contributed by atoms with Gasteiger partial charge in [0, 0.05) is 5.56 Å². The van der Waals surface area contributed by atoms with E-state index in [1.807, 2.05) is 0 Å². The van der Waals surface area contributed by atoms with Crippen LogP contribution in [0.15, 0.2) is 12.1 Å². The van der Waals surface area contributed by atoms with Crippen LogP contribution >= 0.6 is 0 Å². The third-order valence-electron chi connectivity index (χ3n) is 7.42. The SMILES string of the molecule is CCCC1CCC(CCc2ccc(C3CCC(CCC)CO3)c(F)c2C(F)F)CC1. The number of aryl methyl sites for hydroxylation is 1. The van der Waals surface area contributed by atoms with Crippen LogP contribution in [0.3, 0.4) is 0 Å². The van der Waals surface area contributed by atoms with Crippen molar-refractivity contribution in [2.24, 2.45) is 17.8 Å². The Morgan fingerprint density at radius 1 is 0.867 bits per heavy atom. The Bertz CT molecular complexity index is 644. The van der Waals surface area contributed by atoms with Gasteiger partial charge in [0.25, 0.3) is 6.43 Å². The van der Waals surface area contributed by atoms with Crippen molar-refractivity contribution in [2.75, 3.05) is 6.61 Å². The summed E-state index contributed by atoms with van der Waals surface area (Å²) in [6.45, 7) is 4.98. The second kappa shape index (κ2) is 11.5. The van der Waals surface area contributed by atoms with Crippen molar-refractivity contribution in [3.05, 3.63) is 34.6 Å². The van der Waals surface area contributed by atoms with Gasteiger partial charge in [-0.3, -0.25) is 0 Å². The summed E-state index contributed by atoms with van der Waals surface area (Å²) in [5, 5.41) is 0. The Kier molecular flexibility index (Phi) is 9.10. The van der Waals surface area contributed by atoms with E-state index in [2.05, 4.69) is 13.8 Å². The molecule has 1 aromatic rings. The molecule has 1 heterocycles. The Labute approximate surface area is 180 Å². The summed E-state index contributed by atoms with van der Waals surface area (Å²) >= 11 is 0. The number of ether oxygens (including phenoxy) is 1. The predicted octanol–water partition coefficient (Wildman–Crippen LogP) is 8.57. The number of hydrogen-bond donors (Lipinski definition) is 0. The normalized spacial score (nSPS) is 27.5. The molecule has 1 nitrogen and oxygen atoms in total. The van der Waals surface area contributed by atoms with Crippen molar-refractivity contribution in [1.29, 1.82) is 0 Å². The summed E-state index contributed by atoms with van der Waals surface area (Å²) < 4.78 is 48.7. The lowest BCUT2D eigenvalue weighted by Gasteiger charge is -2.30. The van der Waals surface area contributed by atoms with Crippen LogP contribution in [0.2, 0.25) is 0 Å². The molecular formula is C26H39F3O. The average Bonchev–Trinajstić information content (AvgIpc) is 2.74. The van der Waals surface area contributed by atoms with E-state index in [1.54, 1.807) is 12.1 Å². The van der Waals surface area contributed by atoms with Crippen molar-refractivity contribution in [2.45, 2.75) is 103 Å². The lowest BCUT2D eigenvalue weighted by Crippen LogP contribution is -2.22. The van der Waals surface area contributed by atoms with E-state index in [4.69, 9.17) is 4.74 Å². The fourth-order valence-corrected chi connectivity index (χ4v) is 5.62. The summed E-state index contributed by atoms with van der Waals surface area (Å²) in [4.78, 5) is 0. The van der Waals surface area contributed by atoms with Crippen LogP contribution in [0.4, 0.5) is 13.2 Å². The van der Waals surface area contributed by atoms with Crippen molar-refractivity contribution < 1.29 is 17.9 Å². The smallest absolute Gasteiger partial charge is 0.266 e. The summed E-state index contributed by atoms with van der Waals surface area (Å²) in [5.41, 5.74) is 0.428. The van der Waals surface area contributed by atoms with Gasteiger partial charge in [-0.25, -0.2) is 13.2 Å². The first-order valence-corrected chi connectivity index (χ1v) is 12.2.